The van der Waals surface area contributed by atoms with Gasteiger partial charge >= 0.3 is 0 Å². The van der Waals surface area contributed by atoms with Gasteiger partial charge in [0.1, 0.15) is 0 Å². The molecule has 0 saturated heterocycles. The van der Waals surface area contributed by atoms with Gasteiger partial charge in [-0.3, -0.25) is 0 Å². The molecule has 0 amide bonds. The average Bonchev–Trinajstić information content (AvgIpc) is 2.57. The highest BCUT2D eigenvalue weighted by molar-refractivity contribution is 5.46. The van der Waals surface area contributed by atoms with Crippen LogP contribution in [0.1, 0.15) is 70.6 Å². The van der Waals surface area contributed by atoms with Gasteiger partial charge in [-0.25, -0.2) is 0 Å². The Labute approximate surface area is 98.2 Å². The van der Waals surface area contributed by atoms with Gasteiger partial charge in [0.15, 0.2) is 0 Å². The first-order valence-corrected chi connectivity index (χ1v) is 7.74. The molecule has 0 heterocycles. The van der Waals surface area contributed by atoms with Gasteiger partial charge in [-0.05, 0) is 84.9 Å². The Balaban J connectivity index is 1.62. The molecule has 8 fully saturated rings. The molecule has 8 aliphatic rings. The van der Waals surface area contributed by atoms with Gasteiger partial charge in [0.05, 0.1) is 0 Å². The van der Waals surface area contributed by atoms with Crippen LogP contribution in [0.15, 0.2) is 0 Å². The van der Waals surface area contributed by atoms with Crippen LogP contribution < -0.4 is 0 Å². The zero-order chi connectivity index (χ0) is 10.3. The maximum Gasteiger partial charge on any atom is -0.0162 e. The van der Waals surface area contributed by atoms with E-state index in [0.29, 0.717) is 0 Å². The van der Waals surface area contributed by atoms with E-state index in [9.17, 15) is 0 Å². The summed E-state index contributed by atoms with van der Waals surface area (Å²) in [5, 5.41) is 0. The quantitative estimate of drug-likeness (QED) is 0.564. The second kappa shape index (κ2) is 1.75. The van der Waals surface area contributed by atoms with Crippen molar-refractivity contribution in [1.82, 2.24) is 0 Å². The Hall–Kier alpha value is 0. The fourth-order valence-corrected chi connectivity index (χ4v) is 9.01. The maximum atomic E-state index is 1.71. The van der Waals surface area contributed by atoms with E-state index in [-0.39, 0.29) is 0 Å². The zero-order valence-corrected chi connectivity index (χ0v) is 10.3. The molecule has 8 rings (SSSR count). The van der Waals surface area contributed by atoms with E-state index in [2.05, 4.69) is 0 Å². The molecule has 86 valence electrons. The number of hydrogen-bond donors (Lipinski definition) is 0. The molecule has 16 heavy (non-hydrogen) atoms. The maximum absolute atomic E-state index is 1.71. The van der Waals surface area contributed by atoms with E-state index in [0.717, 1.165) is 27.1 Å². The van der Waals surface area contributed by atoms with Gasteiger partial charge < -0.3 is 0 Å². The molecule has 0 heteroatoms. The molecule has 0 radical (unpaired) electrons. The van der Waals surface area contributed by atoms with Crippen LogP contribution in [-0.2, 0) is 0 Å². The van der Waals surface area contributed by atoms with E-state index in [1.165, 1.54) is 0 Å². The summed E-state index contributed by atoms with van der Waals surface area (Å²) in [5.41, 5.74) is 4.67. The zero-order valence-electron chi connectivity index (χ0n) is 10.3. The van der Waals surface area contributed by atoms with Gasteiger partial charge in [0.25, 0.3) is 0 Å². The van der Waals surface area contributed by atoms with E-state index >= 15 is 0 Å². The second-order valence-corrected chi connectivity index (χ2v) is 8.54. The minimum absolute atomic E-state index is 0.900. The molecule has 0 aromatic carbocycles. The van der Waals surface area contributed by atoms with Gasteiger partial charge in [-0.1, -0.05) is 12.8 Å². The Bertz CT molecular complexity index is 439. The Morgan fingerprint density at radius 1 is 0.438 bits per heavy atom. The van der Waals surface area contributed by atoms with Gasteiger partial charge in [0.2, 0.25) is 0 Å². The third-order valence-electron chi connectivity index (χ3n) is 9.37. The lowest BCUT2D eigenvalue weighted by atomic mass is 9.06. The summed E-state index contributed by atoms with van der Waals surface area (Å²) in [4.78, 5) is 0. The minimum Gasteiger partial charge on any atom is -0.0527 e. The molecule has 8 aliphatic carbocycles. The van der Waals surface area contributed by atoms with E-state index in [4.69, 9.17) is 0 Å². The third-order valence-corrected chi connectivity index (χ3v) is 9.37. The first kappa shape index (κ1) is 8.16. The molecule has 4 spiro atoms. The highest BCUT2D eigenvalue weighted by Gasteiger charge is 2.98. The molecule has 5 bridgehead atoms. The fraction of sp³-hybridized carbons (Fsp3) is 1.00. The van der Waals surface area contributed by atoms with Crippen molar-refractivity contribution >= 4 is 0 Å². The minimum atomic E-state index is 0.900. The molecular weight excluding hydrogens is 192 g/mol. The normalized spacial score (nSPS) is 76.5. The Morgan fingerprint density at radius 2 is 1.06 bits per heavy atom. The van der Waals surface area contributed by atoms with Crippen molar-refractivity contribution in [1.29, 1.82) is 0 Å². The van der Waals surface area contributed by atoms with Crippen molar-refractivity contribution in [2.24, 2.45) is 27.1 Å². The predicted molar refractivity (Wildman–Crippen MR) is 63.0 cm³/mol. The van der Waals surface area contributed by atoms with E-state index < -0.39 is 0 Å². The molecule has 0 N–H and O–H groups in total. The summed E-state index contributed by atoms with van der Waals surface area (Å²) < 4.78 is 0. The number of rotatable bonds is 0. The van der Waals surface area contributed by atoms with Crippen LogP contribution in [-0.4, -0.2) is 0 Å². The van der Waals surface area contributed by atoms with Crippen LogP contribution in [0.25, 0.3) is 0 Å². The molecule has 0 nitrogen and oxygen atoms in total. The summed E-state index contributed by atoms with van der Waals surface area (Å²) in [6.45, 7) is 0. The van der Waals surface area contributed by atoms with Crippen LogP contribution in [0.4, 0.5) is 0 Å². The first-order chi connectivity index (χ1) is 7.74. The summed E-state index contributed by atoms with van der Waals surface area (Å²) in [6.07, 6.45) is 18.1. The average molecular weight is 214 g/mol. The number of hydrogen-bond acceptors (Lipinski definition) is 0. The molecular formula is C16H22. The van der Waals surface area contributed by atoms with Crippen LogP contribution >= 0.6 is 0 Å². The summed E-state index contributed by atoms with van der Waals surface area (Å²) >= 11 is 0. The molecule has 0 aliphatic heterocycles. The predicted octanol–water partition coefficient (Wildman–Crippen LogP) is 4.29. The first-order valence-electron chi connectivity index (χ1n) is 7.74. The lowest BCUT2D eigenvalue weighted by Crippen LogP contribution is -2.91. The van der Waals surface area contributed by atoms with Crippen LogP contribution in [0.2, 0.25) is 0 Å². The van der Waals surface area contributed by atoms with Crippen molar-refractivity contribution in [2.75, 3.05) is 0 Å². The topological polar surface area (TPSA) is 0 Å². The standard InChI is InChI=1S/C16H22/c1-2-4-14-11-15-8-7-13(15)6-5-12(14,3-1)9-16(14,15)10-13/h1-11H2/t12?,13-,14-,15-,16-/m0/s1. The monoisotopic (exact) mass is 214 g/mol. The van der Waals surface area contributed by atoms with Gasteiger partial charge in [-0.15, -0.1) is 0 Å². The molecule has 5 atom stereocenters. The lowest BCUT2D eigenvalue weighted by molar-refractivity contribution is -0.495. The van der Waals surface area contributed by atoms with E-state index in [1.54, 1.807) is 70.6 Å². The highest BCUT2D eigenvalue weighted by Crippen LogP contribution is 3.06. The Kier molecular flexibility index (Phi) is 0.892. The van der Waals surface area contributed by atoms with Crippen LogP contribution in [0.3, 0.4) is 0 Å². The fourth-order valence-electron chi connectivity index (χ4n) is 9.01. The molecule has 1 unspecified atom stereocenters. The summed E-state index contributed by atoms with van der Waals surface area (Å²) in [5.74, 6) is 0. The van der Waals surface area contributed by atoms with Gasteiger partial charge in [0, 0.05) is 0 Å². The molecule has 0 aromatic heterocycles. The van der Waals surface area contributed by atoms with Crippen LogP contribution in [0.5, 0.6) is 0 Å². The summed E-state index contributed by atoms with van der Waals surface area (Å²) in [7, 11) is 0. The summed E-state index contributed by atoms with van der Waals surface area (Å²) in [6, 6.07) is 0. The molecule has 0 aromatic rings. The van der Waals surface area contributed by atoms with Crippen molar-refractivity contribution in [3.8, 4) is 0 Å². The molecule has 8 saturated carbocycles. The third kappa shape index (κ3) is 0.399. The lowest BCUT2D eigenvalue weighted by Gasteiger charge is -2.98. The Morgan fingerprint density at radius 3 is 1.75 bits per heavy atom. The van der Waals surface area contributed by atoms with Gasteiger partial charge in [-0.2, -0.15) is 0 Å². The highest BCUT2D eigenvalue weighted by atomic mass is 15.0. The SMILES string of the molecule is C1CC[C@]23C[C@@]45CC[C@]46CCC2(C1)C[C@]35C6. The van der Waals surface area contributed by atoms with Crippen LogP contribution in [0, 0.1) is 27.1 Å². The smallest absolute Gasteiger partial charge is 0.0162 e. The van der Waals surface area contributed by atoms with Crippen molar-refractivity contribution < 1.29 is 0 Å². The largest absolute Gasteiger partial charge is 0.0527 e. The van der Waals surface area contributed by atoms with Crippen molar-refractivity contribution in [2.45, 2.75) is 70.6 Å². The van der Waals surface area contributed by atoms with Crippen molar-refractivity contribution in [3.05, 3.63) is 0 Å². The van der Waals surface area contributed by atoms with E-state index in [1.807, 2.05) is 0 Å². The van der Waals surface area contributed by atoms with Crippen molar-refractivity contribution in [3.63, 3.8) is 0 Å². The second-order valence-electron chi connectivity index (χ2n) is 8.54.